The Kier molecular flexibility index (Phi) is 13.3. The lowest BCUT2D eigenvalue weighted by Crippen LogP contribution is -2.29. The van der Waals surface area contributed by atoms with Crippen LogP contribution in [0.2, 0.25) is 0 Å². The monoisotopic (exact) mass is 396 g/mol. The Morgan fingerprint density at radius 1 is 0.643 bits per heavy atom. The van der Waals surface area contributed by atoms with Crippen LogP contribution in [0.15, 0.2) is 0 Å². The first-order valence-electron chi connectivity index (χ1n) is 11.8. The molecule has 0 amide bonds. The van der Waals surface area contributed by atoms with Gasteiger partial charge in [-0.3, -0.25) is 9.59 Å². The summed E-state index contributed by atoms with van der Waals surface area (Å²) in [5.41, 5.74) is 0. The summed E-state index contributed by atoms with van der Waals surface area (Å²) in [6.45, 7) is 8.93. The Labute approximate surface area is 173 Å². The lowest BCUT2D eigenvalue weighted by Gasteiger charge is -2.28. The molecule has 0 radical (unpaired) electrons. The van der Waals surface area contributed by atoms with Gasteiger partial charge in [0.2, 0.25) is 0 Å². The molecule has 0 atom stereocenters. The van der Waals surface area contributed by atoms with Gasteiger partial charge in [-0.25, -0.2) is 0 Å². The fourth-order valence-electron chi connectivity index (χ4n) is 3.75. The topological polar surface area (TPSA) is 52.6 Å². The molecule has 4 nitrogen and oxygen atoms in total. The molecule has 0 heterocycles. The molecule has 164 valence electrons. The molecule has 0 aliphatic heterocycles. The zero-order valence-corrected chi connectivity index (χ0v) is 18.8. The zero-order chi connectivity index (χ0) is 20.8. The number of carbonyl (C=O) groups excluding carboxylic acids is 2. The number of hydrogen-bond donors (Lipinski definition) is 0. The Bertz CT molecular complexity index is 382. The van der Waals surface area contributed by atoms with Crippen LogP contribution in [0.4, 0.5) is 0 Å². The number of unbranched alkanes of at least 4 members (excludes halogenated alkanes) is 4. The highest BCUT2D eigenvalue weighted by atomic mass is 16.6. The Balaban J connectivity index is 2.05. The van der Waals surface area contributed by atoms with Crippen LogP contribution in [0.3, 0.4) is 0 Å². The second-order valence-electron chi connectivity index (χ2n) is 9.36. The van der Waals surface area contributed by atoms with Crippen LogP contribution in [0.5, 0.6) is 0 Å². The summed E-state index contributed by atoms with van der Waals surface area (Å²) in [7, 11) is 0. The van der Waals surface area contributed by atoms with Crippen molar-refractivity contribution in [2.24, 2.45) is 11.8 Å². The predicted octanol–water partition coefficient (Wildman–Crippen LogP) is 6.60. The maximum atomic E-state index is 12.0. The van der Waals surface area contributed by atoms with Crippen molar-refractivity contribution in [3.63, 3.8) is 0 Å². The number of hydrogen-bond acceptors (Lipinski definition) is 4. The van der Waals surface area contributed by atoms with Crippen molar-refractivity contribution in [2.45, 2.75) is 130 Å². The predicted molar refractivity (Wildman–Crippen MR) is 114 cm³/mol. The van der Waals surface area contributed by atoms with Crippen molar-refractivity contribution < 1.29 is 19.1 Å². The summed E-state index contributed by atoms with van der Waals surface area (Å²) in [6, 6.07) is 0. The van der Waals surface area contributed by atoms with Crippen LogP contribution in [0.1, 0.15) is 118 Å². The average molecular weight is 397 g/mol. The molecule has 0 spiro atoms. The zero-order valence-electron chi connectivity index (χ0n) is 18.8. The summed E-state index contributed by atoms with van der Waals surface area (Å²) in [4.78, 5) is 23.9. The van der Waals surface area contributed by atoms with Crippen LogP contribution >= 0.6 is 0 Å². The van der Waals surface area contributed by atoms with E-state index in [1.54, 1.807) is 0 Å². The summed E-state index contributed by atoms with van der Waals surface area (Å²) >= 11 is 0. The number of rotatable bonds is 14. The molecule has 0 bridgehead atoms. The molecule has 0 aromatic rings. The largest absolute Gasteiger partial charge is 0.462 e. The van der Waals surface area contributed by atoms with Crippen molar-refractivity contribution in [1.82, 2.24) is 0 Å². The maximum Gasteiger partial charge on any atom is 0.306 e. The van der Waals surface area contributed by atoms with E-state index in [0.29, 0.717) is 12.8 Å². The van der Waals surface area contributed by atoms with Gasteiger partial charge in [-0.2, -0.15) is 0 Å². The fourth-order valence-corrected chi connectivity index (χ4v) is 3.75. The van der Waals surface area contributed by atoms with E-state index in [4.69, 9.17) is 9.47 Å². The van der Waals surface area contributed by atoms with Crippen LogP contribution < -0.4 is 0 Å². The molecule has 0 saturated heterocycles. The molecule has 1 aliphatic rings. The average Bonchev–Trinajstić information content (AvgIpc) is 2.62. The molecule has 0 N–H and O–H groups in total. The van der Waals surface area contributed by atoms with Crippen LogP contribution in [-0.2, 0) is 19.1 Å². The minimum atomic E-state index is -0.0635. The lowest BCUT2D eigenvalue weighted by atomic mass is 9.95. The van der Waals surface area contributed by atoms with Crippen molar-refractivity contribution in [3.8, 4) is 0 Å². The van der Waals surface area contributed by atoms with Gasteiger partial charge in [0.25, 0.3) is 0 Å². The van der Waals surface area contributed by atoms with Gasteiger partial charge < -0.3 is 9.47 Å². The van der Waals surface area contributed by atoms with E-state index in [1.165, 1.54) is 25.7 Å². The van der Waals surface area contributed by atoms with Gasteiger partial charge in [0.05, 0.1) is 0 Å². The highest BCUT2D eigenvalue weighted by Gasteiger charge is 2.26. The molecule has 1 rings (SSSR count). The number of esters is 2. The molecule has 0 unspecified atom stereocenters. The van der Waals surface area contributed by atoms with E-state index < -0.39 is 0 Å². The molecular formula is C24H44O4. The van der Waals surface area contributed by atoms with Gasteiger partial charge in [0.1, 0.15) is 12.2 Å². The molecule has 28 heavy (non-hydrogen) atoms. The van der Waals surface area contributed by atoms with Crippen molar-refractivity contribution in [3.05, 3.63) is 0 Å². The van der Waals surface area contributed by atoms with E-state index >= 15 is 0 Å². The SMILES string of the molecule is CC(C)CCCCCC(=O)OC1CCC(OC(=O)CCCCCC(C)C)CC1. The first-order valence-corrected chi connectivity index (χ1v) is 11.8. The van der Waals surface area contributed by atoms with Gasteiger partial charge >= 0.3 is 11.9 Å². The lowest BCUT2D eigenvalue weighted by molar-refractivity contribution is -0.158. The van der Waals surface area contributed by atoms with Gasteiger partial charge in [-0.1, -0.05) is 66.2 Å². The molecule has 0 aromatic carbocycles. The van der Waals surface area contributed by atoms with Gasteiger partial charge in [-0.15, -0.1) is 0 Å². The summed E-state index contributed by atoms with van der Waals surface area (Å²) in [5.74, 6) is 1.35. The minimum absolute atomic E-state index is 0.00847. The van der Waals surface area contributed by atoms with E-state index in [0.717, 1.165) is 63.2 Å². The molecule has 0 aromatic heterocycles. The van der Waals surface area contributed by atoms with Crippen molar-refractivity contribution >= 4 is 11.9 Å². The second kappa shape index (κ2) is 14.9. The van der Waals surface area contributed by atoms with E-state index in [2.05, 4.69) is 27.7 Å². The van der Waals surface area contributed by atoms with Crippen LogP contribution in [-0.4, -0.2) is 24.1 Å². The third-order valence-electron chi connectivity index (χ3n) is 5.54. The summed E-state index contributed by atoms with van der Waals surface area (Å²) in [6.07, 6.45) is 13.2. The molecular weight excluding hydrogens is 352 g/mol. The van der Waals surface area contributed by atoms with Gasteiger partial charge in [0, 0.05) is 12.8 Å². The summed E-state index contributed by atoms with van der Waals surface area (Å²) in [5, 5.41) is 0. The molecule has 1 aliphatic carbocycles. The third kappa shape index (κ3) is 13.2. The third-order valence-corrected chi connectivity index (χ3v) is 5.54. The highest BCUT2D eigenvalue weighted by molar-refractivity contribution is 5.70. The summed E-state index contributed by atoms with van der Waals surface area (Å²) < 4.78 is 11.2. The molecule has 1 saturated carbocycles. The maximum absolute atomic E-state index is 12.0. The Morgan fingerprint density at radius 2 is 1.00 bits per heavy atom. The minimum Gasteiger partial charge on any atom is -0.462 e. The van der Waals surface area contributed by atoms with Crippen LogP contribution in [0, 0.1) is 11.8 Å². The van der Waals surface area contributed by atoms with Crippen molar-refractivity contribution in [2.75, 3.05) is 0 Å². The quantitative estimate of drug-likeness (QED) is 0.245. The van der Waals surface area contributed by atoms with Crippen molar-refractivity contribution in [1.29, 1.82) is 0 Å². The smallest absolute Gasteiger partial charge is 0.306 e. The van der Waals surface area contributed by atoms with Gasteiger partial charge in [-0.05, 0) is 50.4 Å². The second-order valence-corrected chi connectivity index (χ2v) is 9.36. The highest BCUT2D eigenvalue weighted by Crippen LogP contribution is 2.25. The number of ether oxygens (including phenoxy) is 2. The fraction of sp³-hybridized carbons (Fsp3) is 0.917. The van der Waals surface area contributed by atoms with Crippen LogP contribution in [0.25, 0.3) is 0 Å². The Morgan fingerprint density at radius 3 is 1.32 bits per heavy atom. The standard InChI is InChI=1S/C24H44O4/c1-19(2)11-7-5-9-13-23(25)27-21-15-17-22(18-16-21)28-24(26)14-10-6-8-12-20(3)4/h19-22H,5-18H2,1-4H3. The van der Waals surface area contributed by atoms with Gasteiger partial charge in [0.15, 0.2) is 0 Å². The molecule has 4 heteroatoms. The molecule has 1 fully saturated rings. The first kappa shape index (κ1) is 25.0. The Hall–Kier alpha value is -1.06. The van der Waals surface area contributed by atoms with E-state index in [9.17, 15) is 9.59 Å². The number of carbonyl (C=O) groups is 2. The van der Waals surface area contributed by atoms with E-state index in [1.807, 2.05) is 0 Å². The first-order chi connectivity index (χ1) is 13.4. The normalized spacial score (nSPS) is 19.8. The van der Waals surface area contributed by atoms with E-state index in [-0.39, 0.29) is 24.1 Å².